The van der Waals surface area contributed by atoms with Gasteiger partial charge in [0, 0.05) is 12.7 Å². The van der Waals surface area contributed by atoms with Gasteiger partial charge in [-0.3, -0.25) is 4.79 Å². The highest BCUT2D eigenvalue weighted by atomic mass is 35.5. The van der Waals surface area contributed by atoms with Gasteiger partial charge >= 0.3 is 0 Å². The lowest BCUT2D eigenvalue weighted by molar-refractivity contribution is 0.0992. The van der Waals surface area contributed by atoms with Crippen LogP contribution in [-0.2, 0) is 0 Å². The molecule has 2 nitrogen and oxygen atoms in total. The molecular weight excluding hydrogens is 246 g/mol. The van der Waals surface area contributed by atoms with Crippen molar-refractivity contribution in [2.75, 3.05) is 11.9 Å². The fourth-order valence-corrected chi connectivity index (χ4v) is 2.14. The van der Waals surface area contributed by atoms with Crippen molar-refractivity contribution in [3.8, 4) is 0 Å². The molecule has 92 valence electrons. The van der Waals surface area contributed by atoms with Crippen molar-refractivity contribution in [1.82, 2.24) is 0 Å². The van der Waals surface area contributed by atoms with Gasteiger partial charge in [-0.2, -0.15) is 0 Å². The van der Waals surface area contributed by atoms with E-state index in [0.29, 0.717) is 10.6 Å². The fraction of sp³-hybridized carbons (Fsp3) is 0.133. The van der Waals surface area contributed by atoms with Crippen molar-refractivity contribution in [3.63, 3.8) is 0 Å². The van der Waals surface area contributed by atoms with Crippen LogP contribution in [0.3, 0.4) is 0 Å². The molecule has 2 aromatic rings. The number of hydrogen-bond acceptors (Lipinski definition) is 1. The van der Waals surface area contributed by atoms with Gasteiger partial charge in [-0.05, 0) is 30.7 Å². The Morgan fingerprint density at radius 2 is 1.72 bits per heavy atom. The number of carbonyl (C=O) groups is 1. The van der Waals surface area contributed by atoms with Gasteiger partial charge in [0.2, 0.25) is 0 Å². The number of carbonyl (C=O) groups excluding carboxylic acids is 1. The van der Waals surface area contributed by atoms with Crippen LogP contribution >= 0.6 is 11.6 Å². The predicted molar refractivity (Wildman–Crippen MR) is 75.4 cm³/mol. The van der Waals surface area contributed by atoms with Crippen molar-refractivity contribution in [2.45, 2.75) is 6.92 Å². The average Bonchev–Trinajstić information content (AvgIpc) is 2.38. The molecule has 0 fully saturated rings. The van der Waals surface area contributed by atoms with E-state index in [2.05, 4.69) is 0 Å². The van der Waals surface area contributed by atoms with Gasteiger partial charge in [-0.15, -0.1) is 0 Å². The second kappa shape index (κ2) is 5.23. The molecular formula is C15H14ClNO. The van der Waals surface area contributed by atoms with Gasteiger partial charge in [0.1, 0.15) is 0 Å². The minimum absolute atomic E-state index is 0.0932. The quantitative estimate of drug-likeness (QED) is 0.800. The van der Waals surface area contributed by atoms with Gasteiger partial charge in [0.05, 0.1) is 10.6 Å². The van der Waals surface area contributed by atoms with E-state index in [0.717, 1.165) is 11.3 Å². The van der Waals surface area contributed by atoms with Gasteiger partial charge in [0.15, 0.2) is 0 Å². The number of benzene rings is 2. The summed E-state index contributed by atoms with van der Waals surface area (Å²) in [6, 6.07) is 15.0. The highest BCUT2D eigenvalue weighted by Crippen LogP contribution is 2.23. The van der Waals surface area contributed by atoms with E-state index < -0.39 is 0 Å². The Labute approximate surface area is 112 Å². The minimum Gasteiger partial charge on any atom is -0.311 e. The lowest BCUT2D eigenvalue weighted by Crippen LogP contribution is -2.27. The summed E-state index contributed by atoms with van der Waals surface area (Å²) in [4.78, 5) is 14.0. The third kappa shape index (κ3) is 2.39. The molecule has 0 aromatic heterocycles. The molecule has 0 saturated heterocycles. The molecule has 0 saturated carbocycles. The molecule has 2 aromatic carbocycles. The highest BCUT2D eigenvalue weighted by Gasteiger charge is 2.18. The fourth-order valence-electron chi connectivity index (χ4n) is 1.84. The summed E-state index contributed by atoms with van der Waals surface area (Å²) < 4.78 is 0. The topological polar surface area (TPSA) is 20.3 Å². The molecule has 0 bridgehead atoms. The zero-order chi connectivity index (χ0) is 13.1. The molecule has 18 heavy (non-hydrogen) atoms. The average molecular weight is 260 g/mol. The molecule has 0 atom stereocenters. The van der Waals surface area contributed by atoms with Gasteiger partial charge < -0.3 is 4.90 Å². The Morgan fingerprint density at radius 1 is 1.06 bits per heavy atom. The number of para-hydroxylation sites is 1. The highest BCUT2D eigenvalue weighted by molar-refractivity contribution is 6.34. The molecule has 0 radical (unpaired) electrons. The van der Waals surface area contributed by atoms with E-state index in [-0.39, 0.29) is 5.91 Å². The standard InChI is InChI=1S/C15H14ClNO/c1-11-7-6-10-13(16)14(11)15(18)17(2)12-8-4-3-5-9-12/h3-10H,1-2H3. The molecule has 0 unspecified atom stereocenters. The Kier molecular flexibility index (Phi) is 3.68. The van der Waals surface area contributed by atoms with Crippen LogP contribution in [-0.4, -0.2) is 13.0 Å². The van der Waals surface area contributed by atoms with Crippen molar-refractivity contribution < 1.29 is 4.79 Å². The third-order valence-electron chi connectivity index (χ3n) is 2.88. The number of aryl methyl sites for hydroxylation is 1. The normalized spacial score (nSPS) is 10.2. The van der Waals surface area contributed by atoms with E-state index in [9.17, 15) is 4.79 Å². The number of amides is 1. The van der Waals surface area contributed by atoms with Crippen LogP contribution in [0, 0.1) is 6.92 Å². The predicted octanol–water partition coefficient (Wildman–Crippen LogP) is 3.93. The monoisotopic (exact) mass is 259 g/mol. The first-order chi connectivity index (χ1) is 8.61. The summed E-state index contributed by atoms with van der Waals surface area (Å²) in [5.74, 6) is -0.0932. The van der Waals surface area contributed by atoms with E-state index >= 15 is 0 Å². The van der Waals surface area contributed by atoms with E-state index in [4.69, 9.17) is 11.6 Å². The first-order valence-corrected chi connectivity index (χ1v) is 6.07. The van der Waals surface area contributed by atoms with E-state index in [1.54, 1.807) is 18.0 Å². The zero-order valence-corrected chi connectivity index (χ0v) is 11.1. The first-order valence-electron chi connectivity index (χ1n) is 5.69. The summed E-state index contributed by atoms with van der Waals surface area (Å²) in [7, 11) is 1.75. The van der Waals surface area contributed by atoms with Crippen LogP contribution in [0.15, 0.2) is 48.5 Å². The molecule has 0 spiro atoms. The van der Waals surface area contributed by atoms with Crippen LogP contribution in [0.2, 0.25) is 5.02 Å². The van der Waals surface area contributed by atoms with Crippen LogP contribution in [0.25, 0.3) is 0 Å². The number of halogens is 1. The maximum atomic E-state index is 12.4. The largest absolute Gasteiger partial charge is 0.311 e. The van der Waals surface area contributed by atoms with Crippen LogP contribution in [0.4, 0.5) is 5.69 Å². The SMILES string of the molecule is Cc1cccc(Cl)c1C(=O)N(C)c1ccccc1. The van der Waals surface area contributed by atoms with Crippen molar-refractivity contribution in [2.24, 2.45) is 0 Å². The van der Waals surface area contributed by atoms with Gasteiger partial charge in [-0.1, -0.05) is 41.9 Å². The summed E-state index contributed by atoms with van der Waals surface area (Å²) in [5, 5.41) is 0.489. The summed E-state index contributed by atoms with van der Waals surface area (Å²) in [6.07, 6.45) is 0. The lowest BCUT2D eigenvalue weighted by Gasteiger charge is -2.19. The Bertz CT molecular complexity index is 546. The second-order valence-corrected chi connectivity index (χ2v) is 4.54. The number of nitrogens with zero attached hydrogens (tertiary/aromatic N) is 1. The Hall–Kier alpha value is -1.80. The number of anilines is 1. The van der Waals surface area contributed by atoms with Crippen molar-refractivity contribution in [3.05, 3.63) is 64.7 Å². The molecule has 0 heterocycles. The van der Waals surface area contributed by atoms with Gasteiger partial charge in [0.25, 0.3) is 5.91 Å². The van der Waals surface area contributed by atoms with Crippen LogP contribution < -0.4 is 4.90 Å². The van der Waals surface area contributed by atoms with Crippen LogP contribution in [0.1, 0.15) is 15.9 Å². The second-order valence-electron chi connectivity index (χ2n) is 4.13. The maximum Gasteiger partial charge on any atom is 0.259 e. The van der Waals surface area contributed by atoms with Crippen molar-refractivity contribution in [1.29, 1.82) is 0 Å². The molecule has 0 aliphatic carbocycles. The molecule has 0 N–H and O–H groups in total. The molecule has 2 rings (SSSR count). The molecule has 3 heteroatoms. The van der Waals surface area contributed by atoms with Gasteiger partial charge in [-0.25, -0.2) is 0 Å². The number of hydrogen-bond donors (Lipinski definition) is 0. The van der Waals surface area contributed by atoms with E-state index in [1.807, 2.05) is 49.4 Å². The smallest absolute Gasteiger partial charge is 0.259 e. The van der Waals surface area contributed by atoms with Crippen molar-refractivity contribution >= 4 is 23.2 Å². The number of rotatable bonds is 2. The first kappa shape index (κ1) is 12.7. The molecule has 1 amide bonds. The maximum absolute atomic E-state index is 12.4. The summed E-state index contributed by atoms with van der Waals surface area (Å²) in [5.41, 5.74) is 2.29. The van der Waals surface area contributed by atoms with E-state index in [1.165, 1.54) is 0 Å². The third-order valence-corrected chi connectivity index (χ3v) is 3.20. The van der Waals surface area contributed by atoms with Crippen LogP contribution in [0.5, 0.6) is 0 Å². The summed E-state index contributed by atoms with van der Waals surface area (Å²) >= 11 is 6.11. The molecule has 0 aliphatic rings. The summed E-state index contributed by atoms with van der Waals surface area (Å²) in [6.45, 7) is 1.89. The Morgan fingerprint density at radius 3 is 2.33 bits per heavy atom. The lowest BCUT2D eigenvalue weighted by atomic mass is 10.1. The molecule has 0 aliphatic heterocycles. The zero-order valence-electron chi connectivity index (χ0n) is 10.4. The Balaban J connectivity index is 2.38. The minimum atomic E-state index is -0.0932.